The van der Waals surface area contributed by atoms with Crippen LogP contribution in [0.15, 0.2) is 38.6 Å². The molecule has 2 aromatic rings. The molecule has 5 heteroatoms. The molecule has 1 aromatic heterocycles. The summed E-state index contributed by atoms with van der Waals surface area (Å²) in [7, 11) is 0. The Morgan fingerprint density at radius 1 is 1.17 bits per heavy atom. The van der Waals surface area contributed by atoms with Crippen molar-refractivity contribution in [1.29, 1.82) is 0 Å². The fourth-order valence-electron chi connectivity index (χ4n) is 1.59. The van der Waals surface area contributed by atoms with Crippen LogP contribution >= 0.6 is 43.2 Å². The number of halogens is 3. The lowest BCUT2D eigenvalue weighted by atomic mass is 10.2. The van der Waals surface area contributed by atoms with E-state index in [1.54, 1.807) is 17.4 Å². The fraction of sp³-hybridized carbons (Fsp3) is 0.231. The van der Waals surface area contributed by atoms with E-state index in [0.717, 1.165) is 29.5 Å². The topological polar surface area (TPSA) is 12.0 Å². The van der Waals surface area contributed by atoms with Gasteiger partial charge in [-0.3, -0.25) is 0 Å². The van der Waals surface area contributed by atoms with Gasteiger partial charge in [-0.2, -0.15) is 0 Å². The molecule has 0 bridgehead atoms. The average molecular weight is 393 g/mol. The molecule has 0 spiro atoms. The van der Waals surface area contributed by atoms with E-state index in [9.17, 15) is 4.39 Å². The van der Waals surface area contributed by atoms with E-state index in [-0.39, 0.29) is 5.82 Å². The molecular formula is C13H12Br2FNS. The summed E-state index contributed by atoms with van der Waals surface area (Å²) >= 11 is 8.57. The van der Waals surface area contributed by atoms with Crippen LogP contribution in [0.4, 0.5) is 4.39 Å². The Labute approximate surface area is 127 Å². The van der Waals surface area contributed by atoms with Crippen molar-refractivity contribution in [2.45, 2.75) is 13.0 Å². The Hall–Kier alpha value is -0.230. The van der Waals surface area contributed by atoms with Crippen molar-refractivity contribution < 1.29 is 4.39 Å². The van der Waals surface area contributed by atoms with Crippen LogP contribution in [-0.2, 0) is 13.0 Å². The lowest BCUT2D eigenvalue weighted by Crippen LogP contribution is -2.16. The minimum Gasteiger partial charge on any atom is -0.312 e. The zero-order valence-electron chi connectivity index (χ0n) is 9.55. The highest BCUT2D eigenvalue weighted by atomic mass is 79.9. The van der Waals surface area contributed by atoms with E-state index in [1.165, 1.54) is 20.8 Å². The Balaban J connectivity index is 1.78. The van der Waals surface area contributed by atoms with Crippen LogP contribution in [0.5, 0.6) is 0 Å². The SMILES string of the molecule is Fc1ccc(CNCCc2ccc(Br)s2)c(Br)c1. The average Bonchev–Trinajstić information content (AvgIpc) is 2.73. The first-order valence-corrected chi connectivity index (χ1v) is 7.94. The van der Waals surface area contributed by atoms with Gasteiger partial charge in [0.2, 0.25) is 0 Å². The fourth-order valence-corrected chi connectivity index (χ4v) is 3.56. The van der Waals surface area contributed by atoms with Crippen molar-refractivity contribution in [1.82, 2.24) is 5.32 Å². The third-order valence-corrected chi connectivity index (χ3v) is 4.93. The molecule has 2 rings (SSSR count). The maximum absolute atomic E-state index is 12.9. The zero-order chi connectivity index (χ0) is 13.0. The summed E-state index contributed by atoms with van der Waals surface area (Å²) in [4.78, 5) is 1.35. The smallest absolute Gasteiger partial charge is 0.124 e. The van der Waals surface area contributed by atoms with Gasteiger partial charge in [0.05, 0.1) is 3.79 Å². The normalized spacial score (nSPS) is 10.8. The highest BCUT2D eigenvalue weighted by Gasteiger charge is 2.02. The van der Waals surface area contributed by atoms with Crippen molar-refractivity contribution in [3.05, 3.63) is 54.8 Å². The second kappa shape index (κ2) is 6.80. The van der Waals surface area contributed by atoms with Gasteiger partial charge in [-0.25, -0.2) is 4.39 Å². The van der Waals surface area contributed by atoms with E-state index in [1.807, 2.05) is 0 Å². The van der Waals surface area contributed by atoms with Crippen molar-refractivity contribution in [2.24, 2.45) is 0 Å². The molecule has 0 radical (unpaired) electrons. The third-order valence-electron chi connectivity index (χ3n) is 2.51. The maximum Gasteiger partial charge on any atom is 0.124 e. The predicted octanol–water partition coefficient (Wildman–Crippen LogP) is 4.74. The Kier molecular flexibility index (Phi) is 5.36. The summed E-state index contributed by atoms with van der Waals surface area (Å²) in [5.74, 6) is -0.214. The monoisotopic (exact) mass is 391 g/mol. The summed E-state index contributed by atoms with van der Waals surface area (Å²) in [6.45, 7) is 1.66. The Bertz CT molecular complexity index is 527. The third kappa shape index (κ3) is 4.16. The molecule has 0 saturated carbocycles. The largest absolute Gasteiger partial charge is 0.312 e. The van der Waals surface area contributed by atoms with Gasteiger partial charge in [0.25, 0.3) is 0 Å². The van der Waals surface area contributed by atoms with E-state index >= 15 is 0 Å². The highest BCUT2D eigenvalue weighted by molar-refractivity contribution is 9.11. The Morgan fingerprint density at radius 3 is 2.67 bits per heavy atom. The second-order valence-corrected chi connectivity index (χ2v) is 7.27. The van der Waals surface area contributed by atoms with Gasteiger partial charge in [0.1, 0.15) is 5.82 Å². The molecule has 0 aliphatic carbocycles. The van der Waals surface area contributed by atoms with Crippen LogP contribution in [-0.4, -0.2) is 6.54 Å². The van der Waals surface area contributed by atoms with Gasteiger partial charge in [-0.15, -0.1) is 11.3 Å². The molecule has 0 aliphatic heterocycles. The molecule has 1 heterocycles. The van der Waals surface area contributed by atoms with Gasteiger partial charge in [0.15, 0.2) is 0 Å². The molecule has 0 atom stereocenters. The molecule has 0 amide bonds. The van der Waals surface area contributed by atoms with Crippen LogP contribution < -0.4 is 5.32 Å². The molecular weight excluding hydrogens is 381 g/mol. The van der Waals surface area contributed by atoms with E-state index < -0.39 is 0 Å². The molecule has 0 fully saturated rings. The van der Waals surface area contributed by atoms with Gasteiger partial charge in [0, 0.05) is 22.4 Å². The lowest BCUT2D eigenvalue weighted by molar-refractivity contribution is 0.623. The first-order valence-electron chi connectivity index (χ1n) is 5.54. The lowest BCUT2D eigenvalue weighted by Gasteiger charge is -2.06. The van der Waals surface area contributed by atoms with Crippen LogP contribution in [0.25, 0.3) is 0 Å². The molecule has 1 N–H and O–H groups in total. The quantitative estimate of drug-likeness (QED) is 0.724. The molecule has 0 unspecified atom stereocenters. The molecule has 1 nitrogen and oxygen atoms in total. The molecule has 18 heavy (non-hydrogen) atoms. The van der Waals surface area contributed by atoms with Crippen LogP contribution in [0.3, 0.4) is 0 Å². The van der Waals surface area contributed by atoms with Crippen LogP contribution in [0.1, 0.15) is 10.4 Å². The number of nitrogens with one attached hydrogen (secondary N) is 1. The summed E-state index contributed by atoms with van der Waals surface area (Å²) in [6, 6.07) is 8.97. The number of thiophene rings is 1. The van der Waals surface area contributed by atoms with Crippen molar-refractivity contribution in [3.63, 3.8) is 0 Å². The van der Waals surface area contributed by atoms with Crippen LogP contribution in [0, 0.1) is 5.82 Å². The first kappa shape index (κ1) is 14.2. The minimum absolute atomic E-state index is 0.214. The Morgan fingerprint density at radius 2 is 2.00 bits per heavy atom. The van der Waals surface area contributed by atoms with Crippen molar-refractivity contribution in [3.8, 4) is 0 Å². The number of rotatable bonds is 5. The first-order chi connectivity index (χ1) is 8.65. The van der Waals surface area contributed by atoms with E-state index in [0.29, 0.717) is 0 Å². The molecule has 0 aliphatic rings. The number of hydrogen-bond donors (Lipinski definition) is 1. The predicted molar refractivity (Wildman–Crippen MR) is 81.5 cm³/mol. The summed E-state index contributed by atoms with van der Waals surface area (Å²) in [6.07, 6.45) is 1.01. The van der Waals surface area contributed by atoms with Gasteiger partial charge in [-0.1, -0.05) is 22.0 Å². The minimum atomic E-state index is -0.214. The molecule has 96 valence electrons. The highest BCUT2D eigenvalue weighted by Crippen LogP contribution is 2.22. The molecule has 0 saturated heterocycles. The summed E-state index contributed by atoms with van der Waals surface area (Å²) in [5.41, 5.74) is 1.07. The van der Waals surface area contributed by atoms with Crippen LogP contribution in [0.2, 0.25) is 0 Å². The summed E-state index contributed by atoms with van der Waals surface area (Å²) in [5, 5.41) is 3.36. The zero-order valence-corrected chi connectivity index (χ0v) is 13.5. The standard InChI is InChI=1S/C13H12Br2FNS/c14-12-7-10(16)2-1-9(12)8-17-6-5-11-3-4-13(15)18-11/h1-4,7,17H,5-6,8H2. The second-order valence-electron chi connectivity index (χ2n) is 3.87. The summed E-state index contributed by atoms with van der Waals surface area (Å²) < 4.78 is 14.9. The maximum atomic E-state index is 12.9. The van der Waals surface area contributed by atoms with Gasteiger partial charge in [-0.05, 0) is 52.2 Å². The van der Waals surface area contributed by atoms with Gasteiger partial charge < -0.3 is 5.32 Å². The van der Waals surface area contributed by atoms with Crippen molar-refractivity contribution >= 4 is 43.2 Å². The molecule has 1 aromatic carbocycles. The number of hydrogen-bond acceptors (Lipinski definition) is 2. The van der Waals surface area contributed by atoms with Crippen molar-refractivity contribution in [2.75, 3.05) is 6.54 Å². The van der Waals surface area contributed by atoms with Gasteiger partial charge >= 0.3 is 0 Å². The van der Waals surface area contributed by atoms with E-state index in [2.05, 4.69) is 49.3 Å². The number of benzene rings is 1. The van der Waals surface area contributed by atoms with E-state index in [4.69, 9.17) is 0 Å².